The Morgan fingerprint density at radius 2 is 1.51 bits per heavy atom. The number of methoxy groups -OCH3 is 2. The van der Waals surface area contributed by atoms with Gasteiger partial charge in [-0.3, -0.25) is 14.4 Å². The van der Waals surface area contributed by atoms with Crippen LogP contribution in [0.2, 0.25) is 0 Å². The van der Waals surface area contributed by atoms with E-state index in [1.807, 2.05) is 6.07 Å². The van der Waals surface area contributed by atoms with Gasteiger partial charge in [0.15, 0.2) is 6.61 Å². The van der Waals surface area contributed by atoms with Gasteiger partial charge >= 0.3 is 5.97 Å². The van der Waals surface area contributed by atoms with Gasteiger partial charge in [-0.1, -0.05) is 18.2 Å². The van der Waals surface area contributed by atoms with Crippen molar-refractivity contribution in [1.82, 2.24) is 0 Å². The number of carbonyl (C=O) groups is 4. The Morgan fingerprint density at radius 1 is 0.857 bits per heavy atom. The predicted octanol–water partition coefficient (Wildman–Crippen LogP) is 3.61. The second-order valence-corrected chi connectivity index (χ2v) is 7.72. The van der Waals surface area contributed by atoms with Crippen LogP contribution in [0.5, 0.6) is 11.5 Å². The summed E-state index contributed by atoms with van der Waals surface area (Å²) in [6.07, 6.45) is 0. The van der Waals surface area contributed by atoms with Gasteiger partial charge in [-0.2, -0.15) is 0 Å². The molecule has 4 rings (SSSR count). The lowest BCUT2D eigenvalue weighted by atomic mass is 10.1. The highest BCUT2D eigenvalue weighted by atomic mass is 16.5. The molecule has 0 fully saturated rings. The van der Waals surface area contributed by atoms with Crippen molar-refractivity contribution in [3.8, 4) is 11.5 Å². The average molecular weight is 474 g/mol. The van der Waals surface area contributed by atoms with E-state index in [9.17, 15) is 19.2 Å². The van der Waals surface area contributed by atoms with E-state index in [4.69, 9.17) is 14.2 Å². The fourth-order valence-electron chi connectivity index (χ4n) is 3.69. The Labute approximate surface area is 201 Å². The smallest absolute Gasteiger partial charge is 0.338 e. The van der Waals surface area contributed by atoms with Crippen molar-refractivity contribution in [1.29, 1.82) is 0 Å². The second kappa shape index (κ2) is 9.68. The summed E-state index contributed by atoms with van der Waals surface area (Å²) >= 11 is 0. The summed E-state index contributed by atoms with van der Waals surface area (Å²) in [4.78, 5) is 51.7. The maximum Gasteiger partial charge on any atom is 0.338 e. The van der Waals surface area contributed by atoms with Gasteiger partial charge in [0.05, 0.1) is 36.6 Å². The van der Waals surface area contributed by atoms with Crippen LogP contribution in [0.25, 0.3) is 0 Å². The highest BCUT2D eigenvalue weighted by Gasteiger charge is 2.37. The van der Waals surface area contributed by atoms with Gasteiger partial charge < -0.3 is 19.5 Å². The molecule has 1 heterocycles. The highest BCUT2D eigenvalue weighted by molar-refractivity contribution is 6.35. The van der Waals surface area contributed by atoms with Crippen LogP contribution in [-0.2, 0) is 9.53 Å². The lowest BCUT2D eigenvalue weighted by molar-refractivity contribution is -0.119. The lowest BCUT2D eigenvalue weighted by Crippen LogP contribution is -2.29. The quantitative estimate of drug-likeness (QED) is 0.411. The zero-order chi connectivity index (χ0) is 25.1. The van der Waals surface area contributed by atoms with Crippen LogP contribution in [0.4, 0.5) is 11.4 Å². The number of para-hydroxylation sites is 1. The molecule has 0 aliphatic carbocycles. The number of nitrogens with zero attached hydrogens (tertiary/aromatic N) is 1. The molecule has 0 saturated carbocycles. The molecule has 178 valence electrons. The zero-order valence-corrected chi connectivity index (χ0v) is 19.3. The van der Waals surface area contributed by atoms with Crippen molar-refractivity contribution >= 4 is 35.1 Å². The van der Waals surface area contributed by atoms with Crippen LogP contribution in [-0.4, -0.2) is 44.5 Å². The Kier molecular flexibility index (Phi) is 6.50. The van der Waals surface area contributed by atoms with E-state index in [1.54, 1.807) is 43.3 Å². The molecule has 0 saturated heterocycles. The number of ether oxygens (including phenoxy) is 3. The monoisotopic (exact) mass is 474 g/mol. The summed E-state index contributed by atoms with van der Waals surface area (Å²) in [5, 5.41) is 2.60. The molecule has 0 spiro atoms. The topological polar surface area (TPSA) is 111 Å². The van der Waals surface area contributed by atoms with Gasteiger partial charge in [-0.05, 0) is 36.8 Å². The third-order valence-corrected chi connectivity index (χ3v) is 5.45. The molecule has 0 aromatic heterocycles. The van der Waals surface area contributed by atoms with Gasteiger partial charge in [0, 0.05) is 23.9 Å². The fraction of sp³-hybridized carbons (Fsp3) is 0.154. The van der Waals surface area contributed by atoms with Crippen molar-refractivity contribution < 1.29 is 33.4 Å². The summed E-state index contributed by atoms with van der Waals surface area (Å²) in [6.45, 7) is 1.24. The third kappa shape index (κ3) is 4.70. The van der Waals surface area contributed by atoms with Crippen molar-refractivity contribution in [3.05, 3.63) is 82.9 Å². The van der Waals surface area contributed by atoms with Crippen LogP contribution < -0.4 is 19.7 Å². The minimum absolute atomic E-state index is 0.0485. The molecule has 1 aliphatic heterocycles. The molecule has 3 aromatic carbocycles. The first kappa shape index (κ1) is 23.5. The Bertz CT molecular complexity index is 1330. The van der Waals surface area contributed by atoms with Gasteiger partial charge in [0.2, 0.25) is 0 Å². The number of carbonyl (C=O) groups excluding carboxylic acids is 4. The molecule has 0 atom stereocenters. The molecule has 0 bridgehead atoms. The number of hydrogen-bond acceptors (Lipinski definition) is 7. The van der Waals surface area contributed by atoms with Crippen LogP contribution in [0.3, 0.4) is 0 Å². The van der Waals surface area contributed by atoms with E-state index in [0.717, 1.165) is 10.5 Å². The summed E-state index contributed by atoms with van der Waals surface area (Å²) in [5.41, 5.74) is 1.99. The summed E-state index contributed by atoms with van der Waals surface area (Å²) in [7, 11) is 2.97. The van der Waals surface area contributed by atoms with E-state index >= 15 is 0 Å². The number of amides is 3. The van der Waals surface area contributed by atoms with E-state index < -0.39 is 30.3 Å². The number of rotatable bonds is 7. The zero-order valence-electron chi connectivity index (χ0n) is 19.3. The van der Waals surface area contributed by atoms with Crippen molar-refractivity contribution in [3.63, 3.8) is 0 Å². The minimum atomic E-state index is -0.805. The molecular formula is C26H22N2O7. The van der Waals surface area contributed by atoms with Crippen LogP contribution in [0.15, 0.2) is 60.7 Å². The van der Waals surface area contributed by atoms with Gasteiger partial charge in [-0.25, -0.2) is 9.69 Å². The maximum absolute atomic E-state index is 13.0. The number of nitrogens with one attached hydrogen (secondary N) is 1. The largest absolute Gasteiger partial charge is 0.497 e. The van der Waals surface area contributed by atoms with E-state index in [1.165, 1.54) is 32.4 Å². The second-order valence-electron chi connectivity index (χ2n) is 7.72. The summed E-state index contributed by atoms with van der Waals surface area (Å²) in [6, 6.07) is 16.0. The summed E-state index contributed by atoms with van der Waals surface area (Å²) < 4.78 is 15.4. The Hall–Kier alpha value is -4.66. The highest BCUT2D eigenvalue weighted by Crippen LogP contribution is 2.31. The fourth-order valence-corrected chi connectivity index (χ4v) is 3.69. The number of esters is 1. The molecule has 1 aliphatic rings. The first-order valence-corrected chi connectivity index (χ1v) is 10.6. The first-order chi connectivity index (χ1) is 16.8. The number of benzene rings is 3. The molecular weight excluding hydrogens is 452 g/mol. The molecule has 9 heteroatoms. The Morgan fingerprint density at radius 3 is 2.17 bits per heavy atom. The van der Waals surface area contributed by atoms with E-state index in [-0.39, 0.29) is 16.7 Å². The molecule has 3 amide bonds. The van der Waals surface area contributed by atoms with Crippen LogP contribution >= 0.6 is 0 Å². The molecule has 3 aromatic rings. The molecule has 35 heavy (non-hydrogen) atoms. The number of imide groups is 1. The van der Waals surface area contributed by atoms with Crippen molar-refractivity contribution in [2.45, 2.75) is 6.92 Å². The summed E-state index contributed by atoms with van der Waals surface area (Å²) in [5.74, 6) is -1.42. The normalized spacial score (nSPS) is 12.3. The number of aryl methyl sites for hydroxylation is 1. The number of anilines is 2. The van der Waals surface area contributed by atoms with E-state index in [0.29, 0.717) is 22.9 Å². The maximum atomic E-state index is 13.0. The van der Waals surface area contributed by atoms with Gasteiger partial charge in [0.25, 0.3) is 17.7 Å². The number of hydrogen-bond donors (Lipinski definition) is 1. The SMILES string of the molecule is COc1cc(NC(=O)COC(=O)c2ccc3c(c2)C(=O)N(c2ccccc2C)C3=O)cc(OC)c1. The lowest BCUT2D eigenvalue weighted by Gasteiger charge is -2.16. The Balaban J connectivity index is 1.44. The predicted molar refractivity (Wildman–Crippen MR) is 127 cm³/mol. The minimum Gasteiger partial charge on any atom is -0.497 e. The van der Waals surface area contributed by atoms with Crippen molar-refractivity contribution in [2.24, 2.45) is 0 Å². The molecule has 0 radical (unpaired) electrons. The van der Waals surface area contributed by atoms with Gasteiger partial charge in [0.1, 0.15) is 11.5 Å². The third-order valence-electron chi connectivity index (χ3n) is 5.45. The van der Waals surface area contributed by atoms with Crippen LogP contribution in [0.1, 0.15) is 36.6 Å². The average Bonchev–Trinajstić information content (AvgIpc) is 3.11. The van der Waals surface area contributed by atoms with Gasteiger partial charge in [-0.15, -0.1) is 0 Å². The van der Waals surface area contributed by atoms with E-state index in [2.05, 4.69) is 5.32 Å². The molecule has 0 unspecified atom stereocenters. The standard InChI is InChI=1S/C26H22N2O7/c1-15-6-4-5-7-22(15)28-24(30)20-9-8-16(10-21(20)25(28)31)26(32)35-14-23(29)27-17-11-18(33-2)13-19(12-17)34-3/h4-13H,14H2,1-3H3,(H,27,29). The molecule has 9 nitrogen and oxygen atoms in total. The molecule has 1 N–H and O–H groups in total. The van der Waals surface area contributed by atoms with Crippen molar-refractivity contribution in [2.75, 3.05) is 31.0 Å². The number of fused-ring (bicyclic) bond motifs is 1. The van der Waals surface area contributed by atoms with Crippen LogP contribution in [0, 0.1) is 6.92 Å². The first-order valence-electron chi connectivity index (χ1n) is 10.6.